The number of halogens is 1. The van der Waals surface area contributed by atoms with Crippen molar-refractivity contribution in [1.29, 1.82) is 0 Å². The van der Waals surface area contributed by atoms with Gasteiger partial charge in [-0.25, -0.2) is 9.18 Å². The van der Waals surface area contributed by atoms with Crippen LogP contribution >= 0.6 is 0 Å². The topological polar surface area (TPSA) is 52.6 Å². The molecule has 3 aromatic rings. The van der Waals surface area contributed by atoms with Crippen molar-refractivity contribution in [3.05, 3.63) is 84.2 Å². The van der Waals surface area contributed by atoms with Gasteiger partial charge in [0.15, 0.2) is 0 Å². The molecular weight excluding hydrogens is 359 g/mol. The smallest absolute Gasteiger partial charge is 0.343 e. The molecule has 0 aliphatic carbocycles. The first-order chi connectivity index (χ1) is 13.5. The number of carbonyl (C=O) groups excluding carboxylic acids is 2. The molecule has 0 aliphatic heterocycles. The van der Waals surface area contributed by atoms with Crippen LogP contribution in [0.4, 0.5) is 4.39 Å². The molecule has 0 amide bonds. The Morgan fingerprint density at radius 3 is 1.79 bits per heavy atom. The van der Waals surface area contributed by atoms with Crippen LogP contribution in [0.2, 0.25) is 0 Å². The van der Waals surface area contributed by atoms with E-state index in [1.807, 2.05) is 6.92 Å². The molecule has 5 heteroatoms. The summed E-state index contributed by atoms with van der Waals surface area (Å²) in [6.07, 6.45) is 1.07. The molecule has 28 heavy (non-hydrogen) atoms. The lowest BCUT2D eigenvalue weighted by Gasteiger charge is -2.07. The summed E-state index contributed by atoms with van der Waals surface area (Å²) in [6, 6.07) is 19.3. The molecule has 0 atom stereocenters. The van der Waals surface area contributed by atoms with Gasteiger partial charge < -0.3 is 9.47 Å². The molecule has 3 aromatic carbocycles. The van der Waals surface area contributed by atoms with Crippen molar-refractivity contribution >= 4 is 11.9 Å². The van der Waals surface area contributed by atoms with Gasteiger partial charge in [-0.1, -0.05) is 31.2 Å². The van der Waals surface area contributed by atoms with E-state index in [0.29, 0.717) is 29.9 Å². The van der Waals surface area contributed by atoms with Gasteiger partial charge in [0.25, 0.3) is 0 Å². The van der Waals surface area contributed by atoms with Crippen molar-refractivity contribution in [2.24, 2.45) is 0 Å². The van der Waals surface area contributed by atoms with E-state index in [9.17, 15) is 14.0 Å². The molecule has 3 rings (SSSR count). The Kier molecular flexibility index (Phi) is 6.17. The summed E-state index contributed by atoms with van der Waals surface area (Å²) in [7, 11) is 0. The van der Waals surface area contributed by atoms with Crippen molar-refractivity contribution in [2.45, 2.75) is 19.8 Å². The molecule has 0 bridgehead atoms. The first kappa shape index (κ1) is 19.3. The third-order valence-corrected chi connectivity index (χ3v) is 4.02. The lowest BCUT2D eigenvalue weighted by atomic mass is 10.0. The molecule has 4 nitrogen and oxygen atoms in total. The number of esters is 2. The van der Waals surface area contributed by atoms with Gasteiger partial charge >= 0.3 is 11.9 Å². The highest BCUT2D eigenvalue weighted by molar-refractivity contribution is 5.91. The van der Waals surface area contributed by atoms with Crippen LogP contribution in [0.15, 0.2) is 72.8 Å². The summed E-state index contributed by atoms with van der Waals surface area (Å²) in [5.74, 6) is -0.338. The number of ether oxygens (including phenoxy) is 2. The summed E-state index contributed by atoms with van der Waals surface area (Å²) >= 11 is 0. The first-order valence-corrected chi connectivity index (χ1v) is 8.94. The van der Waals surface area contributed by atoms with Crippen LogP contribution < -0.4 is 9.47 Å². The Bertz CT molecular complexity index is 945. The van der Waals surface area contributed by atoms with Gasteiger partial charge in [0.2, 0.25) is 0 Å². The molecule has 142 valence electrons. The van der Waals surface area contributed by atoms with Gasteiger partial charge in [0.1, 0.15) is 17.3 Å². The number of hydrogen-bond donors (Lipinski definition) is 0. The van der Waals surface area contributed by atoms with Crippen LogP contribution in [0.3, 0.4) is 0 Å². The molecular formula is C23H19FO4. The second kappa shape index (κ2) is 8.95. The molecule has 0 unspecified atom stereocenters. The minimum atomic E-state index is -0.499. The first-order valence-electron chi connectivity index (χ1n) is 8.94. The van der Waals surface area contributed by atoms with E-state index in [1.54, 1.807) is 60.7 Å². The van der Waals surface area contributed by atoms with Crippen LogP contribution in [0.25, 0.3) is 11.1 Å². The van der Waals surface area contributed by atoms with Gasteiger partial charge in [-0.2, -0.15) is 0 Å². The standard InChI is InChI=1S/C23H19FO4/c1-2-3-22(25)27-20-12-14-21(15-13-20)28-23(26)18-6-4-16(5-7-18)17-8-10-19(24)11-9-17/h4-15H,2-3H2,1H3. The molecule has 0 heterocycles. The van der Waals surface area contributed by atoms with Gasteiger partial charge in [-0.15, -0.1) is 0 Å². The summed E-state index contributed by atoms with van der Waals surface area (Å²) in [4.78, 5) is 23.8. The quantitative estimate of drug-likeness (QED) is 0.425. The van der Waals surface area contributed by atoms with Crippen molar-refractivity contribution in [2.75, 3.05) is 0 Å². The third-order valence-electron chi connectivity index (χ3n) is 4.02. The van der Waals surface area contributed by atoms with Crippen LogP contribution in [0.5, 0.6) is 11.5 Å². The molecule has 0 fully saturated rings. The highest BCUT2D eigenvalue weighted by Crippen LogP contribution is 2.22. The number of carbonyl (C=O) groups is 2. The van der Waals surface area contributed by atoms with Crippen molar-refractivity contribution in [1.82, 2.24) is 0 Å². The highest BCUT2D eigenvalue weighted by atomic mass is 19.1. The lowest BCUT2D eigenvalue weighted by Crippen LogP contribution is -2.09. The molecule has 0 saturated carbocycles. The predicted molar refractivity (Wildman–Crippen MR) is 104 cm³/mol. The van der Waals surface area contributed by atoms with Gasteiger partial charge in [-0.05, 0) is 66.1 Å². The maximum absolute atomic E-state index is 13.0. The minimum Gasteiger partial charge on any atom is -0.427 e. The normalized spacial score (nSPS) is 10.4. The molecule has 0 radical (unpaired) electrons. The van der Waals surface area contributed by atoms with Crippen LogP contribution in [0, 0.1) is 5.82 Å². The van der Waals surface area contributed by atoms with E-state index in [-0.39, 0.29) is 11.8 Å². The number of hydrogen-bond acceptors (Lipinski definition) is 4. The summed E-state index contributed by atoms with van der Waals surface area (Å²) < 4.78 is 23.5. The van der Waals surface area contributed by atoms with E-state index >= 15 is 0 Å². The van der Waals surface area contributed by atoms with Gasteiger partial charge in [0, 0.05) is 6.42 Å². The fourth-order valence-electron chi connectivity index (χ4n) is 2.57. The Hall–Kier alpha value is -3.47. The average molecular weight is 378 g/mol. The minimum absolute atomic E-state index is 0.296. The van der Waals surface area contributed by atoms with Crippen molar-refractivity contribution in [3.8, 4) is 22.6 Å². The molecule has 0 saturated heterocycles. The van der Waals surface area contributed by atoms with E-state index in [4.69, 9.17) is 9.47 Å². The van der Waals surface area contributed by atoms with E-state index in [1.165, 1.54) is 12.1 Å². The highest BCUT2D eigenvalue weighted by Gasteiger charge is 2.10. The maximum Gasteiger partial charge on any atom is 0.343 e. The van der Waals surface area contributed by atoms with Crippen LogP contribution in [-0.2, 0) is 4.79 Å². The fourth-order valence-corrected chi connectivity index (χ4v) is 2.57. The zero-order valence-corrected chi connectivity index (χ0v) is 15.4. The maximum atomic E-state index is 13.0. The van der Waals surface area contributed by atoms with Gasteiger partial charge in [-0.3, -0.25) is 4.79 Å². The number of benzene rings is 3. The SMILES string of the molecule is CCCC(=O)Oc1ccc(OC(=O)c2ccc(-c3ccc(F)cc3)cc2)cc1. The van der Waals surface area contributed by atoms with Gasteiger partial charge in [0.05, 0.1) is 5.56 Å². The molecule has 0 spiro atoms. The number of rotatable bonds is 6. The van der Waals surface area contributed by atoms with Crippen molar-refractivity contribution in [3.63, 3.8) is 0 Å². The molecule has 0 aromatic heterocycles. The van der Waals surface area contributed by atoms with Crippen molar-refractivity contribution < 1.29 is 23.5 Å². The summed E-state index contributed by atoms with van der Waals surface area (Å²) in [6.45, 7) is 1.90. The Morgan fingerprint density at radius 2 is 1.25 bits per heavy atom. The second-order valence-electron chi connectivity index (χ2n) is 6.17. The molecule has 0 aliphatic rings. The largest absolute Gasteiger partial charge is 0.427 e. The zero-order valence-electron chi connectivity index (χ0n) is 15.4. The van der Waals surface area contributed by atoms with E-state index in [0.717, 1.165) is 11.1 Å². The third kappa shape index (κ3) is 5.04. The average Bonchev–Trinajstić information content (AvgIpc) is 2.70. The monoisotopic (exact) mass is 378 g/mol. The summed E-state index contributed by atoms with van der Waals surface area (Å²) in [5.41, 5.74) is 2.12. The van der Waals surface area contributed by atoms with E-state index < -0.39 is 5.97 Å². The second-order valence-corrected chi connectivity index (χ2v) is 6.17. The zero-order chi connectivity index (χ0) is 19.9. The fraction of sp³-hybridized carbons (Fsp3) is 0.130. The molecule has 0 N–H and O–H groups in total. The predicted octanol–water partition coefficient (Wildman–Crippen LogP) is 5.42. The Labute approximate surface area is 162 Å². The Balaban J connectivity index is 1.62. The Morgan fingerprint density at radius 1 is 0.750 bits per heavy atom. The van der Waals surface area contributed by atoms with Crippen LogP contribution in [0.1, 0.15) is 30.1 Å². The van der Waals surface area contributed by atoms with Crippen LogP contribution in [-0.4, -0.2) is 11.9 Å². The lowest BCUT2D eigenvalue weighted by molar-refractivity contribution is -0.134. The van der Waals surface area contributed by atoms with E-state index in [2.05, 4.69) is 0 Å². The summed E-state index contributed by atoms with van der Waals surface area (Å²) in [5, 5.41) is 0.